The number of carbonyl (C=O) groups is 2. The van der Waals surface area contributed by atoms with Crippen molar-refractivity contribution in [1.29, 1.82) is 0 Å². The fourth-order valence-corrected chi connectivity index (χ4v) is 3.26. The molecular formula is C27H29N3O3. The van der Waals surface area contributed by atoms with Crippen molar-refractivity contribution in [2.24, 2.45) is 0 Å². The first-order chi connectivity index (χ1) is 16.0. The first-order valence-electron chi connectivity index (χ1n) is 11.0. The summed E-state index contributed by atoms with van der Waals surface area (Å²) < 4.78 is 5.89. The standard InChI is InChI=1S/C27H29N3O3/c1-4-5-8-20-9-6-11-22(16-20)30-26(31)19(2)15-21-10-7-12-23(17-21)33-24-13-14-29-25(18-24)27(32)28-3/h6-7,9-18H,4-5,8H2,1-3H3,(H,28,32)(H,30,31)/b19-15+. The number of anilines is 1. The predicted molar refractivity (Wildman–Crippen MR) is 131 cm³/mol. The van der Waals surface area contributed by atoms with Crippen LogP contribution in [0.15, 0.2) is 72.4 Å². The molecule has 0 radical (unpaired) electrons. The Labute approximate surface area is 194 Å². The fraction of sp³-hybridized carbons (Fsp3) is 0.222. The molecule has 0 unspecified atom stereocenters. The lowest BCUT2D eigenvalue weighted by Gasteiger charge is -2.09. The van der Waals surface area contributed by atoms with E-state index >= 15 is 0 Å². The first-order valence-corrected chi connectivity index (χ1v) is 11.0. The van der Waals surface area contributed by atoms with Crippen molar-refractivity contribution in [3.05, 3.63) is 89.3 Å². The number of benzene rings is 2. The van der Waals surface area contributed by atoms with E-state index in [1.165, 1.54) is 11.8 Å². The van der Waals surface area contributed by atoms with Crippen LogP contribution in [0.25, 0.3) is 6.08 Å². The van der Waals surface area contributed by atoms with Gasteiger partial charge in [0.05, 0.1) is 0 Å². The zero-order valence-electron chi connectivity index (χ0n) is 19.2. The molecule has 33 heavy (non-hydrogen) atoms. The second kappa shape index (κ2) is 11.6. The highest BCUT2D eigenvalue weighted by molar-refractivity contribution is 6.06. The number of unbranched alkanes of at least 4 members (excludes halogenated alkanes) is 1. The second-order valence-corrected chi connectivity index (χ2v) is 7.72. The van der Waals surface area contributed by atoms with E-state index in [0.29, 0.717) is 17.1 Å². The maximum atomic E-state index is 12.7. The third kappa shape index (κ3) is 7.04. The Kier molecular flexibility index (Phi) is 8.36. The van der Waals surface area contributed by atoms with E-state index in [9.17, 15) is 9.59 Å². The number of aryl methyl sites for hydroxylation is 1. The molecule has 0 aliphatic rings. The molecule has 0 saturated carbocycles. The molecule has 0 atom stereocenters. The van der Waals surface area contributed by atoms with E-state index in [0.717, 1.165) is 30.5 Å². The van der Waals surface area contributed by atoms with Gasteiger partial charge in [0.25, 0.3) is 11.8 Å². The van der Waals surface area contributed by atoms with Gasteiger partial charge in [0.15, 0.2) is 0 Å². The summed E-state index contributed by atoms with van der Waals surface area (Å²) in [4.78, 5) is 28.5. The topological polar surface area (TPSA) is 80.3 Å². The van der Waals surface area contributed by atoms with Crippen LogP contribution in [-0.4, -0.2) is 23.8 Å². The summed E-state index contributed by atoms with van der Waals surface area (Å²) in [6.07, 6.45) is 6.60. The molecule has 2 N–H and O–H groups in total. The zero-order chi connectivity index (χ0) is 23.6. The molecular weight excluding hydrogens is 414 g/mol. The smallest absolute Gasteiger partial charge is 0.269 e. The largest absolute Gasteiger partial charge is 0.457 e. The molecule has 0 aliphatic heterocycles. The molecule has 3 aromatic rings. The SMILES string of the molecule is CCCCc1cccc(NC(=O)/C(C)=C/c2cccc(Oc3ccnc(C(=O)NC)c3)c2)c1. The van der Waals surface area contributed by atoms with Gasteiger partial charge in [0, 0.05) is 30.6 Å². The molecule has 0 saturated heterocycles. The molecule has 0 fully saturated rings. The van der Waals surface area contributed by atoms with Gasteiger partial charge >= 0.3 is 0 Å². The summed E-state index contributed by atoms with van der Waals surface area (Å²) in [5.41, 5.74) is 3.70. The Morgan fingerprint density at radius 2 is 1.82 bits per heavy atom. The molecule has 0 bridgehead atoms. The lowest BCUT2D eigenvalue weighted by atomic mass is 10.1. The van der Waals surface area contributed by atoms with Crippen molar-refractivity contribution in [2.45, 2.75) is 33.1 Å². The Morgan fingerprint density at radius 3 is 2.61 bits per heavy atom. The number of carbonyl (C=O) groups excluding carboxylic acids is 2. The Morgan fingerprint density at radius 1 is 1.03 bits per heavy atom. The van der Waals surface area contributed by atoms with Crippen LogP contribution in [0, 0.1) is 0 Å². The number of nitrogens with zero attached hydrogens (tertiary/aromatic N) is 1. The molecule has 0 spiro atoms. The van der Waals surface area contributed by atoms with Gasteiger partial charge in [-0.15, -0.1) is 0 Å². The van der Waals surface area contributed by atoms with Gasteiger partial charge in [-0.3, -0.25) is 14.6 Å². The summed E-state index contributed by atoms with van der Waals surface area (Å²) in [7, 11) is 1.55. The number of nitrogens with one attached hydrogen (secondary N) is 2. The van der Waals surface area contributed by atoms with Crippen LogP contribution in [0.3, 0.4) is 0 Å². The normalized spacial score (nSPS) is 11.1. The van der Waals surface area contributed by atoms with Gasteiger partial charge in [-0.1, -0.05) is 37.6 Å². The lowest BCUT2D eigenvalue weighted by molar-refractivity contribution is -0.112. The first kappa shape index (κ1) is 23.7. The number of amides is 2. The van der Waals surface area contributed by atoms with Crippen LogP contribution >= 0.6 is 0 Å². The van der Waals surface area contributed by atoms with Crippen LogP contribution in [0.5, 0.6) is 11.5 Å². The third-order valence-corrected chi connectivity index (χ3v) is 5.03. The van der Waals surface area contributed by atoms with Gasteiger partial charge in [0.1, 0.15) is 17.2 Å². The van der Waals surface area contributed by atoms with Crippen molar-refractivity contribution < 1.29 is 14.3 Å². The molecule has 0 aliphatic carbocycles. The summed E-state index contributed by atoms with van der Waals surface area (Å²) in [6, 6.07) is 18.6. The number of pyridine rings is 1. The fourth-order valence-electron chi connectivity index (χ4n) is 3.26. The summed E-state index contributed by atoms with van der Waals surface area (Å²) in [5, 5.41) is 5.51. The van der Waals surface area contributed by atoms with Crippen molar-refractivity contribution >= 4 is 23.6 Å². The molecule has 1 heterocycles. The Balaban J connectivity index is 1.69. The van der Waals surface area contributed by atoms with Crippen LogP contribution < -0.4 is 15.4 Å². The predicted octanol–water partition coefficient (Wildman–Crippen LogP) is 5.62. The monoisotopic (exact) mass is 443 g/mol. The quantitative estimate of drug-likeness (QED) is 0.421. The average Bonchev–Trinajstić information content (AvgIpc) is 2.82. The molecule has 1 aromatic heterocycles. The molecule has 6 heteroatoms. The maximum absolute atomic E-state index is 12.7. The van der Waals surface area contributed by atoms with Crippen molar-refractivity contribution in [3.8, 4) is 11.5 Å². The highest BCUT2D eigenvalue weighted by Crippen LogP contribution is 2.24. The van der Waals surface area contributed by atoms with Gasteiger partial charge < -0.3 is 15.4 Å². The van der Waals surface area contributed by atoms with Gasteiger partial charge in [-0.25, -0.2) is 0 Å². The minimum Gasteiger partial charge on any atom is -0.457 e. The van der Waals surface area contributed by atoms with Crippen LogP contribution in [0.4, 0.5) is 5.69 Å². The third-order valence-electron chi connectivity index (χ3n) is 5.03. The number of aromatic nitrogens is 1. The second-order valence-electron chi connectivity index (χ2n) is 7.72. The number of rotatable bonds is 9. The highest BCUT2D eigenvalue weighted by atomic mass is 16.5. The van der Waals surface area contributed by atoms with E-state index < -0.39 is 0 Å². The zero-order valence-corrected chi connectivity index (χ0v) is 19.2. The summed E-state index contributed by atoms with van der Waals surface area (Å²) in [5.74, 6) is 0.657. The Hall–Kier alpha value is -3.93. The van der Waals surface area contributed by atoms with Crippen molar-refractivity contribution in [3.63, 3.8) is 0 Å². The van der Waals surface area contributed by atoms with E-state index in [1.54, 1.807) is 26.1 Å². The van der Waals surface area contributed by atoms with Crippen LogP contribution in [0.2, 0.25) is 0 Å². The number of hydrogen-bond acceptors (Lipinski definition) is 4. The number of ether oxygens (including phenoxy) is 1. The van der Waals surface area contributed by atoms with E-state index in [4.69, 9.17) is 4.74 Å². The minimum atomic E-state index is -0.283. The van der Waals surface area contributed by atoms with E-state index in [-0.39, 0.29) is 17.5 Å². The highest BCUT2D eigenvalue weighted by Gasteiger charge is 2.08. The van der Waals surface area contributed by atoms with Crippen LogP contribution in [-0.2, 0) is 11.2 Å². The molecule has 170 valence electrons. The molecule has 2 amide bonds. The molecule has 3 rings (SSSR count). The summed E-state index contributed by atoms with van der Waals surface area (Å²) >= 11 is 0. The average molecular weight is 444 g/mol. The van der Waals surface area contributed by atoms with Gasteiger partial charge in [-0.2, -0.15) is 0 Å². The van der Waals surface area contributed by atoms with Gasteiger partial charge in [0.2, 0.25) is 0 Å². The van der Waals surface area contributed by atoms with Crippen molar-refractivity contribution in [1.82, 2.24) is 10.3 Å². The summed E-state index contributed by atoms with van der Waals surface area (Å²) in [6.45, 7) is 3.95. The molecule has 2 aromatic carbocycles. The Bertz CT molecular complexity index is 1150. The van der Waals surface area contributed by atoms with Crippen LogP contribution in [0.1, 0.15) is 48.3 Å². The van der Waals surface area contributed by atoms with Crippen molar-refractivity contribution in [2.75, 3.05) is 12.4 Å². The number of hydrogen-bond donors (Lipinski definition) is 2. The van der Waals surface area contributed by atoms with E-state index in [2.05, 4.69) is 28.6 Å². The maximum Gasteiger partial charge on any atom is 0.269 e. The minimum absolute atomic E-state index is 0.154. The van der Waals surface area contributed by atoms with Gasteiger partial charge in [-0.05, 0) is 67.3 Å². The lowest BCUT2D eigenvalue weighted by Crippen LogP contribution is -2.18. The van der Waals surface area contributed by atoms with E-state index in [1.807, 2.05) is 48.5 Å². The molecule has 6 nitrogen and oxygen atoms in total.